The van der Waals surface area contributed by atoms with Gasteiger partial charge < -0.3 is 16.0 Å². The van der Waals surface area contributed by atoms with Crippen molar-refractivity contribution in [3.63, 3.8) is 0 Å². The predicted octanol–water partition coefficient (Wildman–Crippen LogP) is 1.40. The highest BCUT2D eigenvalue weighted by molar-refractivity contribution is 7.85. The molecular formula is C17H23N3O4S. The Bertz CT molecular complexity index is 892. The Hall–Kier alpha value is -2.16. The van der Waals surface area contributed by atoms with Crippen molar-refractivity contribution in [2.45, 2.75) is 25.8 Å². The van der Waals surface area contributed by atoms with Crippen LogP contribution in [0.4, 0.5) is 0 Å². The van der Waals surface area contributed by atoms with Crippen LogP contribution in [0.25, 0.3) is 10.9 Å². The molecule has 1 aromatic carbocycles. The van der Waals surface area contributed by atoms with E-state index in [2.05, 4.69) is 16.4 Å². The minimum atomic E-state index is -3.67. The number of hydrogen-bond donors (Lipinski definition) is 4. The molecule has 0 saturated heterocycles. The molecule has 0 fully saturated rings. The number of amides is 1. The molecule has 3 rings (SSSR count). The van der Waals surface area contributed by atoms with Crippen molar-refractivity contribution in [2.24, 2.45) is 5.73 Å². The van der Waals surface area contributed by atoms with Gasteiger partial charge in [-0.15, -0.1) is 0 Å². The second-order valence-electron chi connectivity index (χ2n) is 6.01. The second-order valence-corrected chi connectivity index (χ2v) is 7.47. The van der Waals surface area contributed by atoms with Crippen molar-refractivity contribution < 1.29 is 17.8 Å². The van der Waals surface area contributed by atoms with E-state index in [4.69, 9.17) is 10.3 Å². The zero-order valence-electron chi connectivity index (χ0n) is 14.2. The molecule has 1 aromatic heterocycles. The number of carbonyl (C=O) groups is 1. The molecule has 0 aliphatic heterocycles. The molecule has 8 heteroatoms. The van der Waals surface area contributed by atoms with Gasteiger partial charge in [0.2, 0.25) is 5.91 Å². The molecule has 7 nitrogen and oxygen atoms in total. The van der Waals surface area contributed by atoms with Crippen LogP contribution in [0.2, 0.25) is 0 Å². The Balaban J connectivity index is 0.000000399. The van der Waals surface area contributed by atoms with Crippen LogP contribution in [0, 0.1) is 0 Å². The average Bonchev–Trinajstić information content (AvgIpc) is 2.90. The van der Waals surface area contributed by atoms with E-state index in [0.29, 0.717) is 17.9 Å². The first kappa shape index (κ1) is 19.2. The van der Waals surface area contributed by atoms with Crippen LogP contribution in [0.5, 0.6) is 0 Å². The van der Waals surface area contributed by atoms with Crippen molar-refractivity contribution in [2.75, 3.05) is 12.8 Å². The molecule has 1 unspecified atom stereocenters. The lowest BCUT2D eigenvalue weighted by molar-refractivity contribution is 0.0999. The minimum absolute atomic E-state index is 0.344. The number of allylic oxidation sites excluding steroid dienone is 1. The number of carbonyl (C=O) groups excluding carboxylic acids is 1. The Morgan fingerprint density at radius 2 is 2.12 bits per heavy atom. The van der Waals surface area contributed by atoms with Crippen molar-refractivity contribution >= 4 is 26.9 Å². The van der Waals surface area contributed by atoms with E-state index in [1.54, 1.807) is 0 Å². The Morgan fingerprint density at radius 3 is 2.72 bits per heavy atom. The summed E-state index contributed by atoms with van der Waals surface area (Å²) in [6.07, 6.45) is 8.72. The number of hydrogen-bond acceptors (Lipinski definition) is 4. The van der Waals surface area contributed by atoms with Gasteiger partial charge in [-0.3, -0.25) is 9.35 Å². The van der Waals surface area contributed by atoms with Crippen LogP contribution in [-0.2, 0) is 23.0 Å². The van der Waals surface area contributed by atoms with E-state index < -0.39 is 10.1 Å². The SMILES string of the molecule is CC=CCNC1Cc2c[nH]c3ccc(C(N)=O)c(c23)C1.CS(=O)(=O)O. The molecular weight excluding hydrogens is 342 g/mol. The van der Waals surface area contributed by atoms with Gasteiger partial charge in [-0.1, -0.05) is 12.2 Å². The lowest BCUT2D eigenvalue weighted by atomic mass is 9.86. The van der Waals surface area contributed by atoms with Crippen LogP contribution in [0.15, 0.2) is 30.5 Å². The lowest BCUT2D eigenvalue weighted by Crippen LogP contribution is -2.36. The minimum Gasteiger partial charge on any atom is -0.366 e. The first-order chi connectivity index (χ1) is 11.7. The summed E-state index contributed by atoms with van der Waals surface area (Å²) < 4.78 is 25.9. The monoisotopic (exact) mass is 365 g/mol. The molecule has 5 N–H and O–H groups in total. The van der Waals surface area contributed by atoms with Crippen LogP contribution in [0.1, 0.15) is 28.4 Å². The van der Waals surface area contributed by atoms with Crippen LogP contribution in [0.3, 0.4) is 0 Å². The smallest absolute Gasteiger partial charge is 0.261 e. The van der Waals surface area contributed by atoms with Gasteiger partial charge >= 0.3 is 0 Å². The molecule has 1 aliphatic rings. The summed E-state index contributed by atoms with van der Waals surface area (Å²) in [5, 5.41) is 4.70. The third-order valence-electron chi connectivity index (χ3n) is 3.98. The Labute approximate surface area is 147 Å². The fourth-order valence-electron chi connectivity index (χ4n) is 3.06. The molecule has 0 spiro atoms. The lowest BCUT2D eigenvalue weighted by Gasteiger charge is -2.24. The molecule has 25 heavy (non-hydrogen) atoms. The molecule has 1 amide bonds. The summed E-state index contributed by atoms with van der Waals surface area (Å²) in [7, 11) is -3.67. The quantitative estimate of drug-likeness (QED) is 0.481. The van der Waals surface area contributed by atoms with Crippen molar-refractivity contribution in [1.29, 1.82) is 0 Å². The van der Waals surface area contributed by atoms with Crippen LogP contribution < -0.4 is 11.1 Å². The number of nitrogens with two attached hydrogens (primary N) is 1. The third kappa shape index (κ3) is 5.15. The van der Waals surface area contributed by atoms with E-state index >= 15 is 0 Å². The first-order valence-corrected chi connectivity index (χ1v) is 9.74. The highest BCUT2D eigenvalue weighted by Gasteiger charge is 2.24. The standard InChI is InChI=1S/C16H19N3O.CH4O3S/c1-2-3-6-18-11-7-10-9-19-14-5-4-12(16(17)20)13(8-11)15(10)14;1-5(2,3)4/h2-5,9,11,18-19H,6-8H2,1H3,(H2,17,20);1H3,(H,2,3,4). The van der Waals surface area contributed by atoms with Gasteiger partial charge in [-0.25, -0.2) is 0 Å². The fraction of sp³-hybridized carbons (Fsp3) is 0.353. The summed E-state index contributed by atoms with van der Waals surface area (Å²) in [6.45, 7) is 2.86. The molecule has 1 heterocycles. The normalized spacial score (nSPS) is 16.7. The Morgan fingerprint density at radius 1 is 1.44 bits per heavy atom. The molecule has 0 radical (unpaired) electrons. The van der Waals surface area contributed by atoms with Gasteiger partial charge in [-0.2, -0.15) is 8.42 Å². The number of rotatable bonds is 4. The van der Waals surface area contributed by atoms with E-state index in [-0.39, 0.29) is 5.91 Å². The van der Waals surface area contributed by atoms with Gasteiger partial charge in [0.15, 0.2) is 0 Å². The molecule has 136 valence electrons. The second kappa shape index (κ2) is 7.81. The maximum atomic E-state index is 11.6. The first-order valence-electron chi connectivity index (χ1n) is 7.89. The number of aromatic nitrogens is 1. The van der Waals surface area contributed by atoms with Crippen molar-refractivity contribution in [1.82, 2.24) is 10.3 Å². The highest BCUT2D eigenvalue weighted by atomic mass is 32.2. The zero-order chi connectivity index (χ0) is 18.6. The summed E-state index contributed by atoms with van der Waals surface area (Å²) in [5.74, 6) is -0.344. The van der Waals surface area contributed by atoms with Gasteiger partial charge in [-0.05, 0) is 43.0 Å². The van der Waals surface area contributed by atoms with Gasteiger partial charge in [0.1, 0.15) is 0 Å². The largest absolute Gasteiger partial charge is 0.366 e. The van der Waals surface area contributed by atoms with Gasteiger partial charge in [0.05, 0.1) is 6.26 Å². The Kier molecular flexibility index (Phi) is 5.99. The van der Waals surface area contributed by atoms with Crippen LogP contribution >= 0.6 is 0 Å². The molecule has 2 aromatic rings. The average molecular weight is 365 g/mol. The number of aromatic amines is 1. The van der Waals surface area contributed by atoms with Crippen molar-refractivity contribution in [3.05, 3.63) is 47.2 Å². The zero-order valence-corrected chi connectivity index (χ0v) is 15.1. The fourth-order valence-corrected chi connectivity index (χ4v) is 3.06. The number of benzene rings is 1. The van der Waals surface area contributed by atoms with E-state index in [9.17, 15) is 13.2 Å². The third-order valence-corrected chi connectivity index (χ3v) is 3.98. The predicted molar refractivity (Wildman–Crippen MR) is 98.3 cm³/mol. The van der Waals surface area contributed by atoms with Crippen LogP contribution in [-0.4, -0.2) is 42.7 Å². The van der Waals surface area contributed by atoms with E-state index in [0.717, 1.165) is 30.5 Å². The topological polar surface area (TPSA) is 125 Å². The maximum absolute atomic E-state index is 11.6. The maximum Gasteiger partial charge on any atom is 0.261 e. The number of nitrogens with one attached hydrogen (secondary N) is 2. The number of H-pyrrole nitrogens is 1. The van der Waals surface area contributed by atoms with Gasteiger partial charge in [0, 0.05) is 35.2 Å². The van der Waals surface area contributed by atoms with E-state index in [1.165, 1.54) is 10.9 Å². The summed E-state index contributed by atoms with van der Waals surface area (Å²) in [6, 6.07) is 4.11. The molecule has 0 saturated carbocycles. The van der Waals surface area contributed by atoms with Gasteiger partial charge in [0.25, 0.3) is 10.1 Å². The summed E-state index contributed by atoms with van der Waals surface area (Å²) in [4.78, 5) is 14.9. The highest BCUT2D eigenvalue weighted by Crippen LogP contribution is 2.32. The molecule has 1 atom stereocenters. The van der Waals surface area contributed by atoms with Crippen molar-refractivity contribution in [3.8, 4) is 0 Å². The molecule has 1 aliphatic carbocycles. The summed E-state index contributed by atoms with van der Waals surface area (Å²) in [5.41, 5.74) is 9.59. The summed E-state index contributed by atoms with van der Waals surface area (Å²) >= 11 is 0. The van der Waals surface area contributed by atoms with E-state index in [1.807, 2.05) is 31.3 Å². The number of primary amides is 1. The molecule has 0 bridgehead atoms.